The van der Waals surface area contributed by atoms with Gasteiger partial charge in [0.25, 0.3) is 0 Å². The second-order valence-electron chi connectivity index (χ2n) is 3.89. The molecule has 1 aliphatic carbocycles. The van der Waals surface area contributed by atoms with E-state index in [0.29, 0.717) is 0 Å². The van der Waals surface area contributed by atoms with E-state index in [1.165, 1.54) is 12.1 Å². The summed E-state index contributed by atoms with van der Waals surface area (Å²) in [5, 5.41) is 0. The van der Waals surface area contributed by atoms with Crippen LogP contribution in [-0.2, 0) is 0 Å². The highest BCUT2D eigenvalue weighted by atomic mass is 19.2. The Hall–Kier alpha value is -1.91. The van der Waals surface area contributed by atoms with E-state index in [1.54, 1.807) is 0 Å². The molecule has 0 aliphatic heterocycles. The summed E-state index contributed by atoms with van der Waals surface area (Å²) in [6, 6.07) is 3.80. The summed E-state index contributed by atoms with van der Waals surface area (Å²) in [6.45, 7) is 0. The van der Waals surface area contributed by atoms with Gasteiger partial charge >= 0.3 is 0 Å². The van der Waals surface area contributed by atoms with Gasteiger partial charge in [-0.1, -0.05) is 12.1 Å². The van der Waals surface area contributed by atoms with Gasteiger partial charge in [-0.3, -0.25) is 0 Å². The van der Waals surface area contributed by atoms with Gasteiger partial charge in [0, 0.05) is 23.1 Å². The monoisotopic (exact) mass is 255 g/mol. The molecule has 0 saturated heterocycles. The van der Waals surface area contributed by atoms with Gasteiger partial charge in [-0.15, -0.1) is 0 Å². The van der Waals surface area contributed by atoms with Crippen LogP contribution in [0.1, 0.15) is 11.1 Å². The molecule has 18 heavy (non-hydrogen) atoms. The first-order chi connectivity index (χ1) is 8.52. The van der Waals surface area contributed by atoms with Crippen molar-refractivity contribution in [3.63, 3.8) is 0 Å². The zero-order valence-electron chi connectivity index (χ0n) is 8.70. The summed E-state index contributed by atoms with van der Waals surface area (Å²) in [7, 11) is 0. The summed E-state index contributed by atoms with van der Waals surface area (Å²) in [5.41, 5.74) is -1.10. The number of fused-ring (bicyclic) bond motifs is 3. The standard InChI is InChI=1S/C13H4F5/c14-7-3-1-2-5-4-6-9(8(5)7)11(16)13(18)12(17)10(6)15/h1-4H. The van der Waals surface area contributed by atoms with E-state index in [2.05, 4.69) is 0 Å². The molecule has 0 atom stereocenters. The van der Waals surface area contributed by atoms with Gasteiger partial charge in [-0.05, 0) is 11.6 Å². The average molecular weight is 255 g/mol. The van der Waals surface area contributed by atoms with E-state index >= 15 is 0 Å². The zero-order chi connectivity index (χ0) is 13.0. The maximum absolute atomic E-state index is 13.6. The minimum Gasteiger partial charge on any atom is -0.206 e. The van der Waals surface area contributed by atoms with Gasteiger partial charge in [-0.25, -0.2) is 22.0 Å². The van der Waals surface area contributed by atoms with Gasteiger partial charge in [0.2, 0.25) is 0 Å². The molecule has 0 fully saturated rings. The molecule has 3 rings (SSSR count). The van der Waals surface area contributed by atoms with E-state index in [0.717, 1.165) is 12.5 Å². The Balaban J connectivity index is 2.44. The van der Waals surface area contributed by atoms with Crippen LogP contribution in [0.5, 0.6) is 0 Å². The molecule has 0 saturated carbocycles. The maximum Gasteiger partial charge on any atom is 0.198 e. The number of hydrogen-bond donors (Lipinski definition) is 0. The number of benzene rings is 2. The lowest BCUT2D eigenvalue weighted by atomic mass is 10.0. The fourth-order valence-electron chi connectivity index (χ4n) is 2.11. The predicted octanol–water partition coefficient (Wildman–Crippen LogP) is 3.96. The van der Waals surface area contributed by atoms with Crippen LogP contribution in [0.2, 0.25) is 0 Å². The third kappa shape index (κ3) is 1.24. The van der Waals surface area contributed by atoms with Crippen molar-refractivity contribution in [2.75, 3.05) is 0 Å². The average Bonchev–Trinajstić information content (AvgIpc) is 2.75. The lowest BCUT2D eigenvalue weighted by Crippen LogP contribution is -2.01. The third-order valence-electron chi connectivity index (χ3n) is 2.90. The number of hydrogen-bond acceptors (Lipinski definition) is 0. The molecular formula is C13H4F5. The highest BCUT2D eigenvalue weighted by molar-refractivity contribution is 5.82. The van der Waals surface area contributed by atoms with E-state index < -0.39 is 40.2 Å². The zero-order valence-corrected chi connectivity index (χ0v) is 8.70. The van der Waals surface area contributed by atoms with E-state index in [1.807, 2.05) is 0 Å². The molecule has 0 amide bonds. The van der Waals surface area contributed by atoms with Gasteiger partial charge in [-0.2, -0.15) is 0 Å². The second kappa shape index (κ2) is 3.54. The van der Waals surface area contributed by atoms with Gasteiger partial charge < -0.3 is 0 Å². The first kappa shape index (κ1) is 11.2. The quantitative estimate of drug-likeness (QED) is 0.324. The van der Waals surface area contributed by atoms with Crippen molar-refractivity contribution in [2.45, 2.75) is 0 Å². The Kier molecular flexibility index (Phi) is 2.20. The van der Waals surface area contributed by atoms with Crippen molar-refractivity contribution in [2.24, 2.45) is 0 Å². The Labute approximate surface area is 98.7 Å². The normalized spacial score (nSPS) is 12.5. The van der Waals surface area contributed by atoms with Crippen LogP contribution in [0.3, 0.4) is 0 Å². The lowest BCUT2D eigenvalue weighted by molar-refractivity contribution is 0.409. The van der Waals surface area contributed by atoms with E-state index in [-0.39, 0.29) is 11.1 Å². The molecule has 5 heteroatoms. The van der Waals surface area contributed by atoms with Crippen molar-refractivity contribution in [3.8, 4) is 11.1 Å². The molecule has 1 radical (unpaired) electrons. The lowest BCUT2D eigenvalue weighted by Gasteiger charge is -2.07. The minimum atomic E-state index is -1.93. The van der Waals surface area contributed by atoms with Crippen LogP contribution in [0.4, 0.5) is 22.0 Å². The van der Waals surface area contributed by atoms with Crippen molar-refractivity contribution in [1.82, 2.24) is 0 Å². The first-order valence-electron chi connectivity index (χ1n) is 5.02. The van der Waals surface area contributed by atoms with Crippen LogP contribution >= 0.6 is 0 Å². The molecule has 2 aromatic carbocycles. The Bertz CT molecular complexity index is 676. The predicted molar refractivity (Wildman–Crippen MR) is 54.2 cm³/mol. The van der Waals surface area contributed by atoms with Crippen molar-refractivity contribution < 1.29 is 22.0 Å². The molecule has 91 valence electrons. The van der Waals surface area contributed by atoms with Gasteiger partial charge in [0.15, 0.2) is 23.3 Å². The summed E-state index contributed by atoms with van der Waals surface area (Å²) in [6.07, 6.45) is 1.09. The van der Waals surface area contributed by atoms with Crippen LogP contribution in [0.15, 0.2) is 18.2 Å². The number of rotatable bonds is 0. The Morgan fingerprint density at radius 2 is 1.33 bits per heavy atom. The second-order valence-corrected chi connectivity index (χ2v) is 3.89. The fourth-order valence-corrected chi connectivity index (χ4v) is 2.11. The molecule has 0 aromatic heterocycles. The highest BCUT2D eigenvalue weighted by Crippen LogP contribution is 2.43. The van der Waals surface area contributed by atoms with Crippen LogP contribution in [0, 0.1) is 35.5 Å². The third-order valence-corrected chi connectivity index (χ3v) is 2.90. The Morgan fingerprint density at radius 3 is 2.06 bits per heavy atom. The molecule has 0 N–H and O–H groups in total. The molecule has 1 aliphatic rings. The maximum atomic E-state index is 13.6. The summed E-state index contributed by atoms with van der Waals surface area (Å²) in [5.74, 6) is -7.73. The first-order valence-corrected chi connectivity index (χ1v) is 5.02. The smallest absolute Gasteiger partial charge is 0.198 e. The van der Waals surface area contributed by atoms with E-state index in [9.17, 15) is 22.0 Å². The van der Waals surface area contributed by atoms with Crippen molar-refractivity contribution in [1.29, 1.82) is 0 Å². The van der Waals surface area contributed by atoms with Crippen molar-refractivity contribution >= 4 is 0 Å². The molecule has 0 heterocycles. The molecule has 0 spiro atoms. The molecular weight excluding hydrogens is 251 g/mol. The molecule has 0 bridgehead atoms. The number of halogens is 5. The summed E-state index contributed by atoms with van der Waals surface area (Å²) in [4.78, 5) is 0. The van der Waals surface area contributed by atoms with Crippen LogP contribution < -0.4 is 0 Å². The van der Waals surface area contributed by atoms with Gasteiger partial charge in [0.1, 0.15) is 5.82 Å². The fraction of sp³-hybridized carbons (Fsp3) is 0. The highest BCUT2D eigenvalue weighted by Gasteiger charge is 2.33. The van der Waals surface area contributed by atoms with Crippen molar-refractivity contribution in [3.05, 3.63) is 64.8 Å². The largest absolute Gasteiger partial charge is 0.206 e. The van der Waals surface area contributed by atoms with Crippen LogP contribution in [0.25, 0.3) is 11.1 Å². The molecule has 2 aromatic rings. The SMILES string of the molecule is Fc1cccc2c1-c1c(F)c(F)c(F)c(F)c1[CH]2. The molecule has 0 unspecified atom stereocenters. The minimum absolute atomic E-state index is 0.188. The summed E-state index contributed by atoms with van der Waals surface area (Å²) >= 11 is 0. The topological polar surface area (TPSA) is 0 Å². The van der Waals surface area contributed by atoms with E-state index in [4.69, 9.17) is 0 Å². The van der Waals surface area contributed by atoms with Gasteiger partial charge in [0.05, 0.1) is 0 Å². The summed E-state index contributed by atoms with van der Waals surface area (Å²) < 4.78 is 66.9. The molecule has 0 nitrogen and oxygen atoms in total. The Morgan fingerprint density at radius 1 is 0.667 bits per heavy atom. The van der Waals surface area contributed by atoms with Crippen LogP contribution in [-0.4, -0.2) is 0 Å².